The maximum atomic E-state index is 13.8. The normalized spacial score (nSPS) is 16.5. The average Bonchev–Trinajstić information content (AvgIpc) is 3.43. The molecule has 1 fully saturated rings. The number of likely N-dealkylation sites (tertiary alicyclic amines) is 1. The van der Waals surface area contributed by atoms with Gasteiger partial charge in [-0.15, -0.1) is 11.3 Å². The van der Waals surface area contributed by atoms with Gasteiger partial charge >= 0.3 is 5.97 Å². The Balaban J connectivity index is 1.61. The highest BCUT2D eigenvalue weighted by Crippen LogP contribution is 2.34. The second-order valence-electron chi connectivity index (χ2n) is 8.49. The van der Waals surface area contributed by atoms with Crippen LogP contribution in [0.2, 0.25) is 0 Å². The SMILES string of the molecule is COC(=O)c1cccc(Cn2c(CN3CCCC3)nc3sc4c(c3c2=O)CCCC4)c1. The first-order valence-electron chi connectivity index (χ1n) is 11.1. The molecule has 3 aromatic rings. The van der Waals surface area contributed by atoms with Crippen LogP contribution in [0.5, 0.6) is 0 Å². The van der Waals surface area contributed by atoms with Crippen molar-refractivity contribution in [1.29, 1.82) is 0 Å². The van der Waals surface area contributed by atoms with Gasteiger partial charge < -0.3 is 4.74 Å². The zero-order valence-corrected chi connectivity index (χ0v) is 18.7. The standard InChI is InChI=1S/C24H27N3O3S/c1-30-24(29)17-8-6-7-16(13-17)14-27-20(15-26-11-4-5-12-26)25-22-21(23(27)28)18-9-2-3-10-19(18)31-22/h6-8,13H,2-5,9-12,14-15H2,1H3. The van der Waals surface area contributed by atoms with Gasteiger partial charge in [-0.05, 0) is 74.9 Å². The van der Waals surface area contributed by atoms with Gasteiger partial charge in [0.15, 0.2) is 0 Å². The van der Waals surface area contributed by atoms with Crippen molar-refractivity contribution in [2.24, 2.45) is 0 Å². The van der Waals surface area contributed by atoms with Crippen molar-refractivity contribution in [1.82, 2.24) is 14.5 Å². The quantitative estimate of drug-likeness (QED) is 0.569. The number of ether oxygens (including phenoxy) is 1. The lowest BCUT2D eigenvalue weighted by Crippen LogP contribution is -2.30. The molecule has 31 heavy (non-hydrogen) atoms. The molecule has 0 spiro atoms. The molecule has 5 rings (SSSR count). The largest absolute Gasteiger partial charge is 0.465 e. The first kappa shape index (κ1) is 20.4. The number of carbonyl (C=O) groups excluding carboxylic acids is 1. The van der Waals surface area contributed by atoms with E-state index in [1.54, 1.807) is 17.4 Å². The van der Waals surface area contributed by atoms with Crippen molar-refractivity contribution >= 4 is 27.5 Å². The lowest BCUT2D eigenvalue weighted by atomic mass is 9.97. The molecule has 0 bridgehead atoms. The Hall–Kier alpha value is -2.51. The van der Waals surface area contributed by atoms with Gasteiger partial charge in [0.2, 0.25) is 0 Å². The van der Waals surface area contributed by atoms with Crippen LogP contribution in [0.25, 0.3) is 10.2 Å². The van der Waals surface area contributed by atoms with Crippen molar-refractivity contribution in [3.05, 3.63) is 62.0 Å². The molecule has 7 heteroatoms. The van der Waals surface area contributed by atoms with Crippen LogP contribution in [0.15, 0.2) is 29.1 Å². The Kier molecular flexibility index (Phi) is 5.63. The highest BCUT2D eigenvalue weighted by atomic mass is 32.1. The van der Waals surface area contributed by atoms with E-state index in [0.29, 0.717) is 18.7 Å². The predicted octanol–water partition coefficient (Wildman–Crippen LogP) is 3.77. The summed E-state index contributed by atoms with van der Waals surface area (Å²) in [6, 6.07) is 7.34. The maximum absolute atomic E-state index is 13.8. The number of aromatic nitrogens is 2. The first-order valence-corrected chi connectivity index (χ1v) is 11.9. The minimum atomic E-state index is -0.369. The fourth-order valence-corrected chi connectivity index (χ4v) is 6.07. The summed E-state index contributed by atoms with van der Waals surface area (Å²) in [4.78, 5) is 35.4. The van der Waals surface area contributed by atoms with Crippen LogP contribution in [0.3, 0.4) is 0 Å². The van der Waals surface area contributed by atoms with Crippen LogP contribution in [0.4, 0.5) is 0 Å². The van der Waals surface area contributed by atoms with Crippen LogP contribution in [-0.4, -0.2) is 40.6 Å². The van der Waals surface area contributed by atoms with Crippen LogP contribution in [0, 0.1) is 0 Å². The highest BCUT2D eigenvalue weighted by molar-refractivity contribution is 7.18. The van der Waals surface area contributed by atoms with E-state index in [1.807, 2.05) is 22.8 Å². The minimum absolute atomic E-state index is 0.0575. The molecule has 6 nitrogen and oxygen atoms in total. The van der Waals surface area contributed by atoms with Crippen LogP contribution >= 0.6 is 11.3 Å². The molecule has 3 heterocycles. The van der Waals surface area contributed by atoms with Gasteiger partial charge in [-0.25, -0.2) is 9.78 Å². The van der Waals surface area contributed by atoms with E-state index in [0.717, 1.165) is 54.0 Å². The number of fused-ring (bicyclic) bond motifs is 3. The lowest BCUT2D eigenvalue weighted by Gasteiger charge is -2.19. The summed E-state index contributed by atoms with van der Waals surface area (Å²) in [7, 11) is 1.38. The van der Waals surface area contributed by atoms with E-state index in [9.17, 15) is 9.59 Å². The van der Waals surface area contributed by atoms with E-state index in [-0.39, 0.29) is 11.5 Å². The third-order valence-electron chi connectivity index (χ3n) is 6.41. The lowest BCUT2D eigenvalue weighted by molar-refractivity contribution is 0.0600. The van der Waals surface area contributed by atoms with Crippen LogP contribution < -0.4 is 5.56 Å². The van der Waals surface area contributed by atoms with Gasteiger partial charge in [0.05, 0.1) is 31.1 Å². The summed E-state index contributed by atoms with van der Waals surface area (Å²) in [6.45, 7) is 3.18. The molecule has 2 aliphatic rings. The zero-order valence-electron chi connectivity index (χ0n) is 17.9. The number of hydrogen-bond acceptors (Lipinski definition) is 6. The average molecular weight is 438 g/mol. The molecule has 1 aromatic carbocycles. The summed E-state index contributed by atoms with van der Waals surface area (Å²) in [5, 5.41) is 0.814. The number of carbonyl (C=O) groups is 1. The van der Waals surface area contributed by atoms with Crippen molar-refractivity contribution in [2.75, 3.05) is 20.2 Å². The number of aryl methyl sites for hydroxylation is 2. The summed E-state index contributed by atoms with van der Waals surface area (Å²) in [5.41, 5.74) is 2.67. The Labute approximate surface area is 185 Å². The molecule has 2 aromatic heterocycles. The number of rotatable bonds is 5. The molecule has 0 unspecified atom stereocenters. The Bertz CT molecular complexity index is 1190. The molecule has 162 valence electrons. The van der Waals surface area contributed by atoms with E-state index in [1.165, 1.54) is 36.8 Å². The molecule has 0 atom stereocenters. The summed E-state index contributed by atoms with van der Waals surface area (Å²) in [5.74, 6) is 0.452. The smallest absolute Gasteiger partial charge is 0.337 e. The van der Waals surface area contributed by atoms with Crippen molar-refractivity contribution < 1.29 is 9.53 Å². The first-order chi connectivity index (χ1) is 15.1. The van der Waals surface area contributed by atoms with Crippen molar-refractivity contribution in [3.63, 3.8) is 0 Å². The third kappa shape index (κ3) is 3.92. The molecule has 0 N–H and O–H groups in total. The summed E-state index contributed by atoms with van der Waals surface area (Å²) >= 11 is 1.71. The van der Waals surface area contributed by atoms with Crippen molar-refractivity contribution in [2.45, 2.75) is 51.6 Å². The summed E-state index contributed by atoms with van der Waals surface area (Å²) in [6.07, 6.45) is 6.74. The molecule has 0 radical (unpaired) electrons. The van der Waals surface area contributed by atoms with E-state index < -0.39 is 0 Å². The van der Waals surface area contributed by atoms with E-state index in [4.69, 9.17) is 9.72 Å². The predicted molar refractivity (Wildman–Crippen MR) is 122 cm³/mol. The van der Waals surface area contributed by atoms with Crippen LogP contribution in [-0.2, 0) is 30.7 Å². The van der Waals surface area contributed by atoms with Gasteiger partial charge in [0.25, 0.3) is 5.56 Å². The van der Waals surface area contributed by atoms with Gasteiger partial charge in [-0.2, -0.15) is 0 Å². The van der Waals surface area contributed by atoms with E-state index >= 15 is 0 Å². The fourth-order valence-electron chi connectivity index (χ4n) is 4.80. The number of methoxy groups -OCH3 is 1. The molecule has 1 aliphatic carbocycles. The fraction of sp³-hybridized carbons (Fsp3) is 0.458. The number of thiophene rings is 1. The number of hydrogen-bond donors (Lipinski definition) is 0. The topological polar surface area (TPSA) is 64.4 Å². The second kappa shape index (κ2) is 8.55. The van der Waals surface area contributed by atoms with Gasteiger partial charge in [-0.3, -0.25) is 14.3 Å². The molecule has 0 amide bonds. The van der Waals surface area contributed by atoms with Gasteiger partial charge in [-0.1, -0.05) is 12.1 Å². The zero-order chi connectivity index (χ0) is 21.4. The number of nitrogens with zero attached hydrogens (tertiary/aromatic N) is 3. The second-order valence-corrected chi connectivity index (χ2v) is 9.57. The molecular weight excluding hydrogens is 410 g/mol. The third-order valence-corrected chi connectivity index (χ3v) is 7.59. The molecule has 1 saturated heterocycles. The summed E-state index contributed by atoms with van der Waals surface area (Å²) < 4.78 is 6.69. The monoisotopic (exact) mass is 437 g/mol. The van der Waals surface area contributed by atoms with Crippen LogP contribution in [0.1, 0.15) is 57.9 Å². The molecule has 0 saturated carbocycles. The molecular formula is C24H27N3O3S. The van der Waals surface area contributed by atoms with Crippen molar-refractivity contribution in [3.8, 4) is 0 Å². The van der Waals surface area contributed by atoms with Gasteiger partial charge in [0, 0.05) is 4.88 Å². The maximum Gasteiger partial charge on any atom is 0.337 e. The minimum Gasteiger partial charge on any atom is -0.465 e. The van der Waals surface area contributed by atoms with Gasteiger partial charge in [0.1, 0.15) is 10.7 Å². The Morgan fingerprint density at radius 2 is 1.94 bits per heavy atom. The molecule has 1 aliphatic heterocycles. The highest BCUT2D eigenvalue weighted by Gasteiger charge is 2.23. The van der Waals surface area contributed by atoms with E-state index in [2.05, 4.69) is 4.90 Å². The Morgan fingerprint density at radius 3 is 2.74 bits per heavy atom. The number of benzene rings is 1. The number of esters is 1. The Morgan fingerprint density at radius 1 is 1.13 bits per heavy atom.